The maximum Gasteiger partial charge on any atom is 0.150 e. The Kier molecular flexibility index (Phi) is 4.40. The molecule has 0 amide bonds. The average molecular weight is 412 g/mol. The zero-order valence-electron chi connectivity index (χ0n) is 19.1. The first-order valence-corrected chi connectivity index (χ1v) is 10.8. The molecule has 5 rings (SSSR count). The summed E-state index contributed by atoms with van der Waals surface area (Å²) in [7, 11) is 1.72. The number of methoxy groups -OCH3 is 1. The van der Waals surface area contributed by atoms with E-state index in [1.165, 1.54) is 39.0 Å². The van der Waals surface area contributed by atoms with Crippen LogP contribution >= 0.6 is 0 Å². The molecule has 2 heterocycles. The average Bonchev–Trinajstić information content (AvgIpc) is 2.73. The van der Waals surface area contributed by atoms with Crippen LogP contribution in [0.25, 0.3) is 16.7 Å². The van der Waals surface area contributed by atoms with Crippen LogP contribution in [0.5, 0.6) is 11.5 Å². The summed E-state index contributed by atoms with van der Waals surface area (Å²) in [6.07, 6.45) is 2.13. The molecule has 3 aromatic carbocycles. The van der Waals surface area contributed by atoms with Gasteiger partial charge in [0.1, 0.15) is 11.5 Å². The highest BCUT2D eigenvalue weighted by molar-refractivity contribution is 5.91. The minimum Gasteiger partial charge on any atom is -0.496 e. The van der Waals surface area contributed by atoms with Crippen LogP contribution in [0.3, 0.4) is 0 Å². The van der Waals surface area contributed by atoms with Crippen molar-refractivity contribution in [2.75, 3.05) is 12.4 Å². The van der Waals surface area contributed by atoms with Crippen LogP contribution in [0.15, 0.2) is 54.6 Å². The number of aryl methyl sites for hydroxylation is 2. The van der Waals surface area contributed by atoms with E-state index in [-0.39, 0.29) is 11.6 Å². The third-order valence-electron chi connectivity index (χ3n) is 6.49. The molecule has 31 heavy (non-hydrogen) atoms. The molecule has 0 bridgehead atoms. The second-order valence-electron chi connectivity index (χ2n) is 9.30. The number of benzene rings is 3. The Balaban J connectivity index is 1.83. The van der Waals surface area contributed by atoms with E-state index >= 15 is 0 Å². The lowest BCUT2D eigenvalue weighted by molar-refractivity contribution is 0.241. The molecule has 0 saturated heterocycles. The fourth-order valence-electron chi connectivity index (χ4n) is 5.03. The molecule has 3 aromatic rings. The number of nitrogens with one attached hydrogen (secondary N) is 1. The Hall–Kier alpha value is -3.20. The largest absolute Gasteiger partial charge is 0.496 e. The van der Waals surface area contributed by atoms with Crippen LogP contribution in [0.1, 0.15) is 54.7 Å². The maximum absolute atomic E-state index is 6.71. The van der Waals surface area contributed by atoms with E-state index in [2.05, 4.69) is 76.3 Å². The lowest BCUT2D eigenvalue weighted by Crippen LogP contribution is -2.32. The van der Waals surface area contributed by atoms with Crippen LogP contribution in [0, 0.1) is 13.8 Å². The summed E-state index contributed by atoms with van der Waals surface area (Å²) in [6, 6.07) is 17.1. The van der Waals surface area contributed by atoms with Crippen LogP contribution in [0.4, 0.5) is 5.69 Å². The zero-order valence-corrected chi connectivity index (χ0v) is 19.1. The molecule has 2 aliphatic rings. The van der Waals surface area contributed by atoms with Crippen molar-refractivity contribution in [3.63, 3.8) is 0 Å². The number of rotatable bonds is 2. The first-order valence-electron chi connectivity index (χ1n) is 10.8. The van der Waals surface area contributed by atoms with Gasteiger partial charge in [0, 0.05) is 16.8 Å². The lowest BCUT2D eigenvalue weighted by atomic mass is 9.80. The highest BCUT2D eigenvalue weighted by atomic mass is 16.5. The van der Waals surface area contributed by atoms with Gasteiger partial charge in [-0.05, 0) is 80.6 Å². The van der Waals surface area contributed by atoms with Crippen LogP contribution < -0.4 is 14.8 Å². The van der Waals surface area contributed by atoms with Crippen molar-refractivity contribution in [3.05, 3.63) is 82.4 Å². The monoisotopic (exact) mass is 411 g/mol. The molecule has 0 saturated carbocycles. The first-order chi connectivity index (χ1) is 14.8. The van der Waals surface area contributed by atoms with Crippen molar-refractivity contribution in [1.29, 1.82) is 0 Å². The SMILES string of the molecule is COc1cccc2c1-c1ccc3c(c1C(c1ccc(C)c(C)c1)O2)C(C)=CC(C)(C)N3. The summed E-state index contributed by atoms with van der Waals surface area (Å²) in [5.74, 6) is 1.70. The van der Waals surface area contributed by atoms with Crippen LogP contribution in [-0.4, -0.2) is 12.6 Å². The molecule has 0 radical (unpaired) electrons. The fraction of sp³-hybridized carbons (Fsp3) is 0.286. The van der Waals surface area contributed by atoms with Crippen molar-refractivity contribution in [2.45, 2.75) is 46.3 Å². The molecule has 0 aromatic heterocycles. The molecule has 1 atom stereocenters. The molecule has 0 spiro atoms. The summed E-state index contributed by atoms with van der Waals surface area (Å²) < 4.78 is 12.5. The van der Waals surface area contributed by atoms with E-state index in [0.29, 0.717) is 0 Å². The molecule has 3 nitrogen and oxygen atoms in total. The van der Waals surface area contributed by atoms with Gasteiger partial charge in [0.15, 0.2) is 6.10 Å². The predicted octanol–water partition coefficient (Wildman–Crippen LogP) is 7.07. The molecule has 2 aliphatic heterocycles. The Bertz CT molecular complexity index is 1240. The molecule has 1 N–H and O–H groups in total. The lowest BCUT2D eigenvalue weighted by Gasteiger charge is -2.37. The number of hydrogen-bond acceptors (Lipinski definition) is 3. The molecule has 0 fully saturated rings. The fourth-order valence-corrected chi connectivity index (χ4v) is 5.03. The van der Waals surface area contributed by atoms with E-state index in [1.54, 1.807) is 7.11 Å². The smallest absolute Gasteiger partial charge is 0.150 e. The van der Waals surface area contributed by atoms with Crippen LogP contribution in [0.2, 0.25) is 0 Å². The molecular formula is C28H29NO2. The van der Waals surface area contributed by atoms with Gasteiger partial charge in [-0.15, -0.1) is 0 Å². The van der Waals surface area contributed by atoms with Gasteiger partial charge in [0.2, 0.25) is 0 Å². The molecule has 1 unspecified atom stereocenters. The molecular weight excluding hydrogens is 382 g/mol. The summed E-state index contributed by atoms with van der Waals surface area (Å²) in [4.78, 5) is 0. The Morgan fingerprint density at radius 1 is 0.935 bits per heavy atom. The van der Waals surface area contributed by atoms with E-state index in [1.807, 2.05) is 18.2 Å². The van der Waals surface area contributed by atoms with Crippen molar-refractivity contribution in [2.24, 2.45) is 0 Å². The van der Waals surface area contributed by atoms with E-state index in [0.717, 1.165) is 22.7 Å². The quantitative estimate of drug-likeness (QED) is 0.489. The third-order valence-corrected chi connectivity index (χ3v) is 6.49. The Labute approximate surface area is 184 Å². The molecule has 0 aliphatic carbocycles. The Morgan fingerprint density at radius 3 is 2.48 bits per heavy atom. The van der Waals surface area contributed by atoms with Gasteiger partial charge in [0.05, 0.1) is 18.2 Å². The van der Waals surface area contributed by atoms with Gasteiger partial charge in [-0.25, -0.2) is 0 Å². The van der Waals surface area contributed by atoms with Gasteiger partial charge in [-0.1, -0.05) is 36.4 Å². The van der Waals surface area contributed by atoms with Crippen molar-refractivity contribution in [1.82, 2.24) is 0 Å². The van der Waals surface area contributed by atoms with Gasteiger partial charge in [-0.3, -0.25) is 0 Å². The summed E-state index contributed by atoms with van der Waals surface area (Å²) in [5.41, 5.74) is 10.7. The van der Waals surface area contributed by atoms with E-state index in [9.17, 15) is 0 Å². The normalized spacial score (nSPS) is 18.0. The highest BCUT2D eigenvalue weighted by Crippen LogP contribution is 2.53. The first kappa shape index (κ1) is 19.7. The number of hydrogen-bond donors (Lipinski definition) is 1. The zero-order chi connectivity index (χ0) is 21.9. The molecule has 3 heteroatoms. The second kappa shape index (κ2) is 6.91. The number of anilines is 1. The maximum atomic E-state index is 6.71. The summed E-state index contributed by atoms with van der Waals surface area (Å²) >= 11 is 0. The van der Waals surface area contributed by atoms with Gasteiger partial charge >= 0.3 is 0 Å². The van der Waals surface area contributed by atoms with Gasteiger partial charge in [0.25, 0.3) is 0 Å². The third kappa shape index (κ3) is 3.11. The number of fused-ring (bicyclic) bond motifs is 5. The van der Waals surface area contributed by atoms with Crippen molar-refractivity contribution < 1.29 is 9.47 Å². The van der Waals surface area contributed by atoms with E-state index < -0.39 is 0 Å². The van der Waals surface area contributed by atoms with E-state index in [4.69, 9.17) is 9.47 Å². The topological polar surface area (TPSA) is 30.5 Å². The minimum atomic E-state index is -0.185. The number of ether oxygens (including phenoxy) is 2. The van der Waals surface area contributed by atoms with Crippen molar-refractivity contribution in [3.8, 4) is 22.6 Å². The predicted molar refractivity (Wildman–Crippen MR) is 128 cm³/mol. The van der Waals surface area contributed by atoms with Crippen molar-refractivity contribution >= 4 is 11.3 Å². The number of allylic oxidation sites excluding steroid dienone is 1. The van der Waals surface area contributed by atoms with Crippen LogP contribution in [-0.2, 0) is 0 Å². The highest BCUT2D eigenvalue weighted by Gasteiger charge is 2.35. The summed E-state index contributed by atoms with van der Waals surface area (Å²) in [5, 5.41) is 3.70. The second-order valence-corrected chi connectivity index (χ2v) is 9.30. The van der Waals surface area contributed by atoms with Gasteiger partial charge < -0.3 is 14.8 Å². The molecule has 158 valence electrons. The minimum absolute atomic E-state index is 0.0909. The standard InChI is InChI=1S/C28H29NO2/c1-16-10-11-19(14-17(16)2)27-26-20(25-22(30-6)8-7-9-23(25)31-27)12-13-21-24(26)18(3)15-28(4,5)29-21/h7-15,27,29H,1-6H3. The summed E-state index contributed by atoms with van der Waals surface area (Å²) in [6.45, 7) is 10.9. The Morgan fingerprint density at radius 2 is 1.74 bits per heavy atom. The van der Waals surface area contributed by atoms with Gasteiger partial charge in [-0.2, -0.15) is 0 Å².